The van der Waals surface area contributed by atoms with Crippen molar-refractivity contribution in [1.29, 1.82) is 0 Å². The Hall–Kier alpha value is -2.79. The molecule has 1 heterocycles. The van der Waals surface area contributed by atoms with E-state index in [9.17, 15) is 4.79 Å². The van der Waals surface area contributed by atoms with Crippen molar-refractivity contribution in [2.75, 3.05) is 0 Å². The third-order valence-corrected chi connectivity index (χ3v) is 4.76. The lowest BCUT2D eigenvalue weighted by Crippen LogP contribution is -2.41. The van der Waals surface area contributed by atoms with Gasteiger partial charge in [-0.05, 0) is 35.4 Å². The van der Waals surface area contributed by atoms with Gasteiger partial charge in [-0.15, -0.1) is 0 Å². The van der Waals surface area contributed by atoms with E-state index in [0.717, 1.165) is 11.1 Å². The van der Waals surface area contributed by atoms with Crippen LogP contribution in [-0.4, -0.2) is 21.6 Å². The minimum atomic E-state index is -0.553. The predicted octanol–water partition coefficient (Wildman–Crippen LogP) is 5.76. The molecule has 3 rings (SSSR count). The van der Waals surface area contributed by atoms with Crippen LogP contribution in [0.15, 0.2) is 67.3 Å². The van der Waals surface area contributed by atoms with Gasteiger partial charge in [-0.25, -0.2) is 4.98 Å². The van der Waals surface area contributed by atoms with Crippen molar-refractivity contribution in [2.45, 2.75) is 40.0 Å². The third kappa shape index (κ3) is 5.39. The highest BCUT2D eigenvalue weighted by Gasteiger charge is 2.38. The number of benzene rings is 2. The fourth-order valence-corrected chi connectivity index (χ4v) is 3.17. The Morgan fingerprint density at radius 3 is 2.10 bits per heavy atom. The van der Waals surface area contributed by atoms with Crippen LogP contribution >= 0.6 is 11.6 Å². The van der Waals surface area contributed by atoms with Gasteiger partial charge in [-0.3, -0.25) is 9.36 Å². The Labute approximate surface area is 176 Å². The number of nitrogens with zero attached hydrogens (tertiary/aromatic N) is 2. The second-order valence-corrected chi connectivity index (χ2v) is 8.38. The lowest BCUT2D eigenvalue weighted by molar-refractivity contribution is -0.165. The van der Waals surface area contributed by atoms with E-state index in [-0.39, 0.29) is 11.4 Å². The summed E-state index contributed by atoms with van der Waals surface area (Å²) in [4.78, 5) is 15.9. The highest BCUT2D eigenvalue weighted by molar-refractivity contribution is 6.30. The average Bonchev–Trinajstić information content (AvgIpc) is 3.19. The third-order valence-electron chi connectivity index (χ3n) is 4.51. The first-order valence-corrected chi connectivity index (χ1v) is 9.79. The molecule has 3 aromatic rings. The van der Waals surface area contributed by atoms with E-state index in [1.807, 2.05) is 73.9 Å². The first-order valence-electron chi connectivity index (χ1n) is 9.41. The van der Waals surface area contributed by atoms with E-state index in [1.54, 1.807) is 18.7 Å². The van der Waals surface area contributed by atoms with Crippen LogP contribution in [0.25, 0.3) is 11.1 Å². The second kappa shape index (κ2) is 8.70. The zero-order chi connectivity index (χ0) is 21.0. The van der Waals surface area contributed by atoms with Crippen LogP contribution in [0.4, 0.5) is 0 Å². The highest BCUT2D eigenvalue weighted by Crippen LogP contribution is 2.34. The van der Waals surface area contributed by atoms with Gasteiger partial charge in [-0.1, -0.05) is 56.6 Å². The Bertz CT molecular complexity index is 930. The van der Waals surface area contributed by atoms with Gasteiger partial charge < -0.3 is 9.47 Å². The molecule has 0 radical (unpaired) electrons. The molecule has 0 spiro atoms. The molecule has 0 aliphatic rings. The summed E-state index contributed by atoms with van der Waals surface area (Å²) in [5, 5.41) is 0.704. The number of hydrogen-bond donors (Lipinski definition) is 0. The van der Waals surface area contributed by atoms with Crippen molar-refractivity contribution in [1.82, 2.24) is 9.55 Å². The van der Waals surface area contributed by atoms with Crippen molar-refractivity contribution < 1.29 is 14.3 Å². The normalized spacial score (nSPS) is 13.6. The number of aromatic nitrogens is 2. The average molecular weight is 413 g/mol. The van der Waals surface area contributed by atoms with Crippen LogP contribution in [0.5, 0.6) is 5.75 Å². The summed E-state index contributed by atoms with van der Waals surface area (Å²) >= 11 is 5.97. The van der Waals surface area contributed by atoms with Gasteiger partial charge in [0.1, 0.15) is 5.75 Å². The van der Waals surface area contributed by atoms with Crippen molar-refractivity contribution >= 4 is 17.6 Å². The largest absolute Gasteiger partial charge is 0.466 e. The molecular formula is C23H25ClN2O3. The molecule has 0 aliphatic carbocycles. The molecule has 152 valence electrons. The van der Waals surface area contributed by atoms with Crippen LogP contribution in [0.2, 0.25) is 5.02 Å². The number of ether oxygens (including phenoxy) is 2. The first kappa shape index (κ1) is 20.9. The summed E-state index contributed by atoms with van der Waals surface area (Å²) < 4.78 is 13.7. The highest BCUT2D eigenvalue weighted by atomic mass is 35.5. The Morgan fingerprint density at radius 1 is 1.03 bits per heavy atom. The fraction of sp³-hybridized carbons (Fsp3) is 0.304. The molecule has 0 aliphatic heterocycles. The van der Waals surface area contributed by atoms with Gasteiger partial charge in [0.15, 0.2) is 6.10 Å². The topological polar surface area (TPSA) is 53.4 Å². The van der Waals surface area contributed by atoms with E-state index in [4.69, 9.17) is 21.1 Å². The maximum absolute atomic E-state index is 11.7. The van der Waals surface area contributed by atoms with E-state index in [1.165, 1.54) is 6.92 Å². The van der Waals surface area contributed by atoms with Crippen molar-refractivity contribution in [3.05, 3.63) is 72.3 Å². The van der Waals surface area contributed by atoms with Gasteiger partial charge in [0.2, 0.25) is 6.23 Å². The molecular weight excluding hydrogens is 388 g/mol. The smallest absolute Gasteiger partial charge is 0.303 e. The number of hydrogen-bond acceptors (Lipinski definition) is 4. The maximum Gasteiger partial charge on any atom is 0.303 e. The zero-order valence-corrected chi connectivity index (χ0v) is 17.8. The van der Waals surface area contributed by atoms with E-state index in [2.05, 4.69) is 4.98 Å². The molecule has 0 bridgehead atoms. The Morgan fingerprint density at radius 2 is 1.62 bits per heavy atom. The molecule has 29 heavy (non-hydrogen) atoms. The molecule has 1 aromatic heterocycles. The number of carbonyl (C=O) groups is 1. The van der Waals surface area contributed by atoms with Crippen LogP contribution in [-0.2, 0) is 9.53 Å². The molecule has 0 amide bonds. The van der Waals surface area contributed by atoms with Crippen molar-refractivity contribution in [3.63, 3.8) is 0 Å². The summed E-state index contributed by atoms with van der Waals surface area (Å²) in [6.45, 7) is 7.44. The number of rotatable bonds is 6. The van der Waals surface area contributed by atoms with Gasteiger partial charge in [0.25, 0.3) is 0 Å². The summed E-state index contributed by atoms with van der Waals surface area (Å²) in [6, 6.07) is 15.5. The number of halogens is 1. The quantitative estimate of drug-likeness (QED) is 0.483. The van der Waals surface area contributed by atoms with E-state index < -0.39 is 12.3 Å². The molecule has 6 heteroatoms. The number of esters is 1. The van der Waals surface area contributed by atoms with Crippen LogP contribution < -0.4 is 4.74 Å². The molecule has 0 N–H and O–H groups in total. The van der Waals surface area contributed by atoms with E-state index in [0.29, 0.717) is 10.8 Å². The van der Waals surface area contributed by atoms with Gasteiger partial charge in [0.05, 0.1) is 6.33 Å². The standard InChI is InChI=1S/C23H25ClN2O3/c1-16(27)28-21(23(2,3)4)22(26-14-13-25-15-26)29-20-11-7-18(8-12-20)17-5-9-19(24)10-6-17/h5-15,21-22H,1-4H3. The van der Waals surface area contributed by atoms with Gasteiger partial charge >= 0.3 is 5.97 Å². The van der Waals surface area contributed by atoms with Gasteiger partial charge in [0, 0.05) is 29.8 Å². The lowest BCUT2D eigenvalue weighted by Gasteiger charge is -2.36. The molecule has 2 atom stereocenters. The minimum absolute atomic E-state index is 0.343. The zero-order valence-electron chi connectivity index (χ0n) is 17.0. The SMILES string of the molecule is CC(=O)OC(C(Oc1ccc(-c2ccc(Cl)cc2)cc1)n1ccnc1)C(C)(C)C. The monoisotopic (exact) mass is 412 g/mol. The molecule has 0 saturated heterocycles. The Kier molecular flexibility index (Phi) is 6.28. The second-order valence-electron chi connectivity index (χ2n) is 7.95. The molecule has 0 fully saturated rings. The summed E-state index contributed by atoms with van der Waals surface area (Å²) in [6.07, 6.45) is 4.07. The summed E-state index contributed by atoms with van der Waals surface area (Å²) in [5.74, 6) is 0.319. The number of carbonyl (C=O) groups excluding carboxylic acids is 1. The summed E-state index contributed by atoms with van der Waals surface area (Å²) in [7, 11) is 0. The van der Waals surface area contributed by atoms with Crippen LogP contribution in [0.3, 0.4) is 0 Å². The molecule has 2 unspecified atom stereocenters. The first-order chi connectivity index (χ1) is 13.7. The molecule has 0 saturated carbocycles. The van der Waals surface area contributed by atoms with Gasteiger partial charge in [-0.2, -0.15) is 0 Å². The summed E-state index contributed by atoms with van der Waals surface area (Å²) in [5.41, 5.74) is 1.78. The molecule has 5 nitrogen and oxygen atoms in total. The minimum Gasteiger partial charge on any atom is -0.466 e. The van der Waals surface area contributed by atoms with Crippen LogP contribution in [0.1, 0.15) is 33.9 Å². The van der Waals surface area contributed by atoms with Crippen LogP contribution in [0, 0.1) is 5.41 Å². The fourth-order valence-electron chi connectivity index (χ4n) is 3.05. The Balaban J connectivity index is 1.88. The number of imidazole rings is 1. The van der Waals surface area contributed by atoms with E-state index >= 15 is 0 Å². The molecule has 2 aromatic carbocycles. The maximum atomic E-state index is 11.7. The lowest BCUT2D eigenvalue weighted by atomic mass is 9.87. The van der Waals surface area contributed by atoms with Crippen molar-refractivity contribution in [3.8, 4) is 16.9 Å². The van der Waals surface area contributed by atoms with Crippen molar-refractivity contribution in [2.24, 2.45) is 5.41 Å². The predicted molar refractivity (Wildman–Crippen MR) is 114 cm³/mol.